The van der Waals surface area contributed by atoms with E-state index in [1.165, 1.54) is 37.4 Å². The van der Waals surface area contributed by atoms with Gasteiger partial charge in [-0.3, -0.25) is 5.32 Å². The first kappa shape index (κ1) is 20.2. The Kier molecular flexibility index (Phi) is 6.36. The van der Waals surface area contributed by atoms with Crippen molar-refractivity contribution in [3.8, 4) is 11.6 Å². The zero-order valence-corrected chi connectivity index (χ0v) is 15.5. The summed E-state index contributed by atoms with van der Waals surface area (Å²) in [5.74, 6) is -1.39. The van der Waals surface area contributed by atoms with Gasteiger partial charge in [-0.1, -0.05) is 23.7 Å². The van der Waals surface area contributed by atoms with Crippen LogP contribution in [0.5, 0.6) is 11.6 Å². The van der Waals surface area contributed by atoms with Gasteiger partial charge in [0.15, 0.2) is 5.75 Å². The number of rotatable bonds is 6. The minimum atomic E-state index is -4.63. The summed E-state index contributed by atoms with van der Waals surface area (Å²) in [7, 11) is -2.19. The zero-order chi connectivity index (χ0) is 20.0. The normalized spacial score (nSPS) is 10.6. The van der Waals surface area contributed by atoms with Gasteiger partial charge in [-0.15, -0.1) is 0 Å². The van der Waals surface area contributed by atoms with E-state index in [2.05, 4.69) is 20.0 Å². The van der Waals surface area contributed by atoms with Gasteiger partial charge in [-0.05, 0) is 12.1 Å². The molecule has 2 amide bonds. The largest absolute Gasteiger partial charge is 0.481 e. The van der Waals surface area contributed by atoms with Gasteiger partial charge in [0.2, 0.25) is 11.8 Å². The molecule has 0 atom stereocenters. The molecule has 1 heterocycles. The second-order valence-electron chi connectivity index (χ2n) is 4.64. The maximum absolute atomic E-state index is 12.0. The van der Waals surface area contributed by atoms with Crippen molar-refractivity contribution in [3.63, 3.8) is 0 Å². The number of methoxy groups -OCH3 is 2. The number of nitrogens with zero attached hydrogens (tertiary/aromatic N) is 2. The number of amides is 2. The second-order valence-corrected chi connectivity index (χ2v) is 6.30. The fourth-order valence-electron chi connectivity index (χ4n) is 1.75. The van der Waals surface area contributed by atoms with E-state index in [0.717, 1.165) is 7.11 Å². The van der Waals surface area contributed by atoms with Crippen LogP contribution in [0.2, 0.25) is 5.15 Å². The van der Waals surface area contributed by atoms with Crippen LogP contribution in [0.15, 0.2) is 30.3 Å². The molecule has 0 aliphatic rings. The molecular formula is C14H13ClN4O7S. The topological polar surface area (TPSA) is 146 Å². The van der Waals surface area contributed by atoms with Crippen LogP contribution in [-0.2, 0) is 15.0 Å². The number of carbonyl (C=O) groups excluding carboxylic acids is 2. The molecule has 2 rings (SSSR count). The molecule has 13 heteroatoms. The van der Waals surface area contributed by atoms with E-state index >= 15 is 0 Å². The molecule has 0 radical (unpaired) electrons. The Bertz CT molecular complexity index is 968. The molecule has 27 heavy (non-hydrogen) atoms. The van der Waals surface area contributed by atoms with E-state index in [-0.39, 0.29) is 28.3 Å². The monoisotopic (exact) mass is 416 g/mol. The summed E-state index contributed by atoms with van der Waals surface area (Å²) in [6.07, 6.45) is 0. The molecule has 0 fully saturated rings. The minimum absolute atomic E-state index is 0.0386. The predicted octanol–water partition coefficient (Wildman–Crippen LogP) is 1.37. The van der Waals surface area contributed by atoms with Crippen molar-refractivity contribution in [3.05, 3.63) is 41.0 Å². The molecule has 0 aliphatic carbocycles. The maximum atomic E-state index is 12.0. The summed E-state index contributed by atoms with van der Waals surface area (Å²) in [5, 5.41) is 2.02. The highest BCUT2D eigenvalue weighted by Gasteiger charge is 2.22. The van der Waals surface area contributed by atoms with E-state index in [9.17, 15) is 18.0 Å². The SMILES string of the molecule is COC(=O)c1ccccc1OS(=O)(=O)NC(=O)Nc1nc(Cl)cc(OC)n1. The van der Waals surface area contributed by atoms with Crippen molar-refractivity contribution in [2.24, 2.45) is 0 Å². The second kappa shape index (κ2) is 8.51. The number of hydrogen-bond donors (Lipinski definition) is 2. The summed E-state index contributed by atoms with van der Waals surface area (Å²) < 4.78 is 39.7. The number of nitrogens with one attached hydrogen (secondary N) is 2. The summed E-state index contributed by atoms with van der Waals surface area (Å²) in [6.45, 7) is 0. The quantitative estimate of drug-likeness (QED) is 0.526. The van der Waals surface area contributed by atoms with Gasteiger partial charge in [-0.2, -0.15) is 13.4 Å². The Morgan fingerprint density at radius 2 is 1.85 bits per heavy atom. The first-order chi connectivity index (χ1) is 12.7. The number of benzene rings is 1. The van der Waals surface area contributed by atoms with Crippen LogP contribution in [0, 0.1) is 0 Å². The molecule has 1 aromatic carbocycles. The smallest absolute Gasteiger partial charge is 0.411 e. The summed E-state index contributed by atoms with van der Waals surface area (Å²) >= 11 is 5.72. The molecular weight excluding hydrogens is 404 g/mol. The maximum Gasteiger partial charge on any atom is 0.411 e. The minimum Gasteiger partial charge on any atom is -0.481 e. The lowest BCUT2D eigenvalue weighted by Gasteiger charge is -2.11. The number of para-hydroxylation sites is 1. The fourth-order valence-corrected chi connectivity index (χ4v) is 2.63. The number of halogens is 1. The van der Waals surface area contributed by atoms with Crippen LogP contribution < -0.4 is 19.0 Å². The van der Waals surface area contributed by atoms with E-state index in [4.69, 9.17) is 20.5 Å². The summed E-state index contributed by atoms with van der Waals surface area (Å²) in [5.41, 5.74) is -0.145. The number of carbonyl (C=O) groups is 2. The third kappa shape index (κ3) is 5.69. The molecule has 0 spiro atoms. The van der Waals surface area contributed by atoms with Crippen LogP contribution in [0.25, 0.3) is 0 Å². The lowest BCUT2D eigenvalue weighted by atomic mass is 10.2. The Hall–Kier alpha value is -3.12. The van der Waals surface area contributed by atoms with Crippen molar-refractivity contribution < 1.29 is 31.7 Å². The zero-order valence-electron chi connectivity index (χ0n) is 13.9. The predicted molar refractivity (Wildman–Crippen MR) is 93.1 cm³/mol. The van der Waals surface area contributed by atoms with Crippen molar-refractivity contribution >= 4 is 39.9 Å². The highest BCUT2D eigenvalue weighted by Crippen LogP contribution is 2.20. The number of urea groups is 1. The van der Waals surface area contributed by atoms with Crippen molar-refractivity contribution in [2.45, 2.75) is 0 Å². The molecule has 2 aromatic rings. The Morgan fingerprint density at radius 1 is 1.15 bits per heavy atom. The summed E-state index contributed by atoms with van der Waals surface area (Å²) in [4.78, 5) is 31.0. The molecule has 0 saturated heterocycles. The number of aromatic nitrogens is 2. The third-order valence-electron chi connectivity index (χ3n) is 2.82. The van der Waals surface area contributed by atoms with Gasteiger partial charge in [0.05, 0.1) is 14.2 Å². The molecule has 11 nitrogen and oxygen atoms in total. The average Bonchev–Trinajstić information content (AvgIpc) is 2.59. The van der Waals surface area contributed by atoms with Gasteiger partial charge in [0, 0.05) is 6.07 Å². The van der Waals surface area contributed by atoms with Crippen LogP contribution >= 0.6 is 11.6 Å². The molecule has 2 N–H and O–H groups in total. The van der Waals surface area contributed by atoms with Gasteiger partial charge in [0.25, 0.3) is 0 Å². The number of esters is 1. The number of anilines is 1. The van der Waals surface area contributed by atoms with Gasteiger partial charge >= 0.3 is 22.3 Å². The first-order valence-electron chi connectivity index (χ1n) is 7.03. The average molecular weight is 417 g/mol. The first-order valence-corrected chi connectivity index (χ1v) is 8.82. The van der Waals surface area contributed by atoms with Crippen molar-refractivity contribution in [1.82, 2.24) is 14.7 Å². The Labute approximate surface area is 158 Å². The van der Waals surface area contributed by atoms with Gasteiger partial charge < -0.3 is 13.7 Å². The third-order valence-corrected chi connectivity index (χ3v) is 3.84. The van der Waals surface area contributed by atoms with Crippen molar-refractivity contribution in [2.75, 3.05) is 19.5 Å². The molecule has 0 bridgehead atoms. The highest BCUT2D eigenvalue weighted by atomic mass is 35.5. The molecule has 0 unspecified atom stereocenters. The molecule has 1 aromatic heterocycles. The molecule has 144 valence electrons. The molecule has 0 saturated carbocycles. The Morgan fingerprint density at radius 3 is 2.52 bits per heavy atom. The Balaban J connectivity index is 2.12. The van der Waals surface area contributed by atoms with Crippen LogP contribution in [0.3, 0.4) is 0 Å². The van der Waals surface area contributed by atoms with Gasteiger partial charge in [-0.25, -0.2) is 19.3 Å². The van der Waals surface area contributed by atoms with E-state index in [0.29, 0.717) is 0 Å². The number of hydrogen-bond acceptors (Lipinski definition) is 9. The number of ether oxygens (including phenoxy) is 2. The van der Waals surface area contributed by atoms with E-state index in [1.807, 2.05) is 0 Å². The van der Waals surface area contributed by atoms with Gasteiger partial charge in [0.1, 0.15) is 10.7 Å². The van der Waals surface area contributed by atoms with Crippen molar-refractivity contribution in [1.29, 1.82) is 0 Å². The van der Waals surface area contributed by atoms with Crippen LogP contribution in [0.1, 0.15) is 10.4 Å². The van der Waals surface area contributed by atoms with Crippen LogP contribution in [0.4, 0.5) is 10.7 Å². The lowest BCUT2D eigenvalue weighted by molar-refractivity contribution is 0.0599. The van der Waals surface area contributed by atoms with E-state index < -0.39 is 22.3 Å². The van der Waals surface area contributed by atoms with E-state index in [1.54, 1.807) is 4.72 Å². The lowest BCUT2D eigenvalue weighted by Crippen LogP contribution is -2.37. The highest BCUT2D eigenvalue weighted by molar-refractivity contribution is 7.85. The fraction of sp³-hybridized carbons (Fsp3) is 0.143. The van der Waals surface area contributed by atoms with Crippen LogP contribution in [-0.4, -0.2) is 44.6 Å². The molecule has 0 aliphatic heterocycles. The standard InChI is InChI=1S/C14H13ClN4O7S/c1-24-11-7-10(15)16-13(17-11)18-14(21)19-27(22,23)26-9-6-4-3-5-8(9)12(20)25-2/h3-7H,1-2H3,(H2,16,17,18,19,21). The summed E-state index contributed by atoms with van der Waals surface area (Å²) in [6, 6.07) is 5.49.